The molecule has 14 heavy (non-hydrogen) atoms. The predicted molar refractivity (Wildman–Crippen MR) is 56.3 cm³/mol. The Hall–Kier alpha value is -0.830. The molecule has 1 rings (SSSR count). The topological polar surface area (TPSA) is 40.5 Å². The number of hydrogen-bond donors (Lipinski definition) is 1. The molecular weight excluding hydrogens is 178 g/mol. The average molecular weight is 197 g/mol. The van der Waals surface area contributed by atoms with Gasteiger partial charge in [-0.15, -0.1) is 0 Å². The summed E-state index contributed by atoms with van der Waals surface area (Å²) in [6.07, 6.45) is 6.34. The summed E-state index contributed by atoms with van der Waals surface area (Å²) in [6, 6.07) is 1.01. The SMILES string of the molecule is CC(C)N1CCCC1/C=C\CC(=O)O. The maximum absolute atomic E-state index is 10.3. The summed E-state index contributed by atoms with van der Waals surface area (Å²) in [6.45, 7) is 5.51. The highest BCUT2D eigenvalue weighted by Gasteiger charge is 2.23. The molecule has 1 saturated heterocycles. The molecule has 1 N–H and O–H groups in total. The minimum Gasteiger partial charge on any atom is -0.481 e. The van der Waals surface area contributed by atoms with Crippen LogP contribution in [0, 0.1) is 0 Å². The fourth-order valence-electron chi connectivity index (χ4n) is 1.99. The number of carbonyl (C=O) groups is 1. The van der Waals surface area contributed by atoms with Crippen LogP contribution in [0.2, 0.25) is 0 Å². The molecular formula is C11H19NO2. The lowest BCUT2D eigenvalue weighted by molar-refractivity contribution is -0.136. The van der Waals surface area contributed by atoms with Crippen molar-refractivity contribution in [2.75, 3.05) is 6.54 Å². The monoisotopic (exact) mass is 197 g/mol. The minimum atomic E-state index is -0.754. The van der Waals surface area contributed by atoms with E-state index in [4.69, 9.17) is 5.11 Å². The zero-order chi connectivity index (χ0) is 10.6. The number of rotatable bonds is 4. The minimum absolute atomic E-state index is 0.141. The summed E-state index contributed by atoms with van der Waals surface area (Å²) in [5.41, 5.74) is 0. The summed E-state index contributed by atoms with van der Waals surface area (Å²) in [7, 11) is 0. The van der Waals surface area contributed by atoms with Crippen molar-refractivity contribution in [3.05, 3.63) is 12.2 Å². The van der Waals surface area contributed by atoms with E-state index in [9.17, 15) is 4.79 Å². The van der Waals surface area contributed by atoms with Crippen molar-refractivity contribution >= 4 is 5.97 Å². The second-order valence-corrected chi connectivity index (χ2v) is 4.07. The second kappa shape index (κ2) is 5.15. The standard InChI is InChI=1S/C11H19NO2/c1-9(2)12-8-4-6-10(12)5-3-7-11(13)14/h3,5,9-10H,4,6-8H2,1-2H3,(H,13,14)/b5-3-. The smallest absolute Gasteiger partial charge is 0.307 e. The Morgan fingerprint density at radius 3 is 2.93 bits per heavy atom. The van der Waals surface area contributed by atoms with Gasteiger partial charge in [0.2, 0.25) is 0 Å². The lowest BCUT2D eigenvalue weighted by Gasteiger charge is -2.25. The van der Waals surface area contributed by atoms with Gasteiger partial charge in [0, 0.05) is 12.1 Å². The molecule has 1 aliphatic heterocycles. The molecule has 0 radical (unpaired) electrons. The predicted octanol–water partition coefficient (Wildman–Crippen LogP) is 1.89. The van der Waals surface area contributed by atoms with Crippen LogP contribution in [-0.4, -0.2) is 34.6 Å². The average Bonchev–Trinajstić information content (AvgIpc) is 2.51. The number of carboxylic acid groups (broad SMARTS) is 1. The number of carboxylic acids is 1. The third kappa shape index (κ3) is 3.14. The molecule has 0 bridgehead atoms. The zero-order valence-corrected chi connectivity index (χ0v) is 8.94. The van der Waals surface area contributed by atoms with Crippen LogP contribution in [0.3, 0.4) is 0 Å². The highest BCUT2D eigenvalue weighted by atomic mass is 16.4. The Morgan fingerprint density at radius 1 is 1.64 bits per heavy atom. The first kappa shape index (κ1) is 11.2. The molecule has 0 aromatic carbocycles. The number of likely N-dealkylation sites (tertiary alicyclic amines) is 1. The first-order valence-electron chi connectivity index (χ1n) is 5.25. The van der Waals surface area contributed by atoms with Crippen LogP contribution in [0.1, 0.15) is 33.1 Å². The first-order valence-corrected chi connectivity index (χ1v) is 5.25. The number of nitrogens with zero attached hydrogens (tertiary/aromatic N) is 1. The van der Waals surface area contributed by atoms with Crippen LogP contribution >= 0.6 is 0 Å². The lowest BCUT2D eigenvalue weighted by atomic mass is 10.2. The van der Waals surface area contributed by atoms with E-state index in [2.05, 4.69) is 18.7 Å². The molecule has 0 saturated carbocycles. The van der Waals surface area contributed by atoms with Gasteiger partial charge in [0.25, 0.3) is 0 Å². The van der Waals surface area contributed by atoms with E-state index in [1.54, 1.807) is 6.08 Å². The molecule has 1 heterocycles. The van der Waals surface area contributed by atoms with Crippen LogP contribution in [0.4, 0.5) is 0 Å². The Morgan fingerprint density at radius 2 is 2.36 bits per heavy atom. The van der Waals surface area contributed by atoms with Gasteiger partial charge < -0.3 is 5.11 Å². The maximum Gasteiger partial charge on any atom is 0.307 e. The summed E-state index contributed by atoms with van der Waals surface area (Å²) in [5, 5.41) is 8.50. The van der Waals surface area contributed by atoms with Gasteiger partial charge in [-0.05, 0) is 33.2 Å². The highest BCUT2D eigenvalue weighted by molar-refractivity contribution is 5.68. The Bertz CT molecular complexity index is 223. The third-order valence-electron chi connectivity index (χ3n) is 2.66. The van der Waals surface area contributed by atoms with Crippen molar-refractivity contribution in [1.29, 1.82) is 0 Å². The largest absolute Gasteiger partial charge is 0.481 e. The Kier molecular flexibility index (Phi) is 4.14. The maximum atomic E-state index is 10.3. The van der Waals surface area contributed by atoms with Crippen LogP contribution < -0.4 is 0 Å². The molecule has 1 aliphatic rings. The van der Waals surface area contributed by atoms with Crippen molar-refractivity contribution in [1.82, 2.24) is 4.90 Å². The highest BCUT2D eigenvalue weighted by Crippen LogP contribution is 2.20. The van der Waals surface area contributed by atoms with Crippen LogP contribution in [-0.2, 0) is 4.79 Å². The quantitative estimate of drug-likeness (QED) is 0.700. The molecule has 0 aliphatic carbocycles. The van der Waals surface area contributed by atoms with E-state index in [0.29, 0.717) is 12.1 Å². The fourth-order valence-corrected chi connectivity index (χ4v) is 1.99. The van der Waals surface area contributed by atoms with Gasteiger partial charge in [-0.1, -0.05) is 12.2 Å². The summed E-state index contributed by atoms with van der Waals surface area (Å²) in [4.78, 5) is 12.7. The lowest BCUT2D eigenvalue weighted by Crippen LogP contribution is -2.34. The molecule has 1 unspecified atom stereocenters. The molecule has 3 heteroatoms. The summed E-state index contributed by atoms with van der Waals surface area (Å²) >= 11 is 0. The molecule has 0 aromatic heterocycles. The number of hydrogen-bond acceptors (Lipinski definition) is 2. The molecule has 3 nitrogen and oxygen atoms in total. The van der Waals surface area contributed by atoms with Gasteiger partial charge >= 0.3 is 5.97 Å². The first-order chi connectivity index (χ1) is 6.61. The molecule has 1 fully saturated rings. The molecule has 80 valence electrons. The van der Waals surface area contributed by atoms with Gasteiger partial charge in [-0.25, -0.2) is 0 Å². The molecule has 0 aromatic rings. The van der Waals surface area contributed by atoms with Gasteiger partial charge in [0.05, 0.1) is 6.42 Å². The summed E-state index contributed by atoms with van der Waals surface area (Å²) < 4.78 is 0. The Labute approximate surface area is 85.4 Å². The van der Waals surface area contributed by atoms with E-state index in [-0.39, 0.29) is 6.42 Å². The summed E-state index contributed by atoms with van der Waals surface area (Å²) in [5.74, 6) is -0.754. The molecule has 0 amide bonds. The van der Waals surface area contributed by atoms with Crippen molar-refractivity contribution in [2.45, 2.75) is 45.2 Å². The van der Waals surface area contributed by atoms with Crippen molar-refractivity contribution in [2.24, 2.45) is 0 Å². The Balaban J connectivity index is 2.43. The van der Waals surface area contributed by atoms with Crippen LogP contribution in [0.5, 0.6) is 0 Å². The van der Waals surface area contributed by atoms with Crippen LogP contribution in [0.25, 0.3) is 0 Å². The fraction of sp³-hybridized carbons (Fsp3) is 0.727. The van der Waals surface area contributed by atoms with E-state index >= 15 is 0 Å². The molecule has 1 atom stereocenters. The van der Waals surface area contributed by atoms with Crippen LogP contribution in [0.15, 0.2) is 12.2 Å². The van der Waals surface area contributed by atoms with E-state index in [1.807, 2.05) is 6.08 Å². The van der Waals surface area contributed by atoms with Gasteiger partial charge in [-0.3, -0.25) is 9.69 Å². The van der Waals surface area contributed by atoms with Gasteiger partial charge in [0.15, 0.2) is 0 Å². The van der Waals surface area contributed by atoms with E-state index in [0.717, 1.165) is 13.0 Å². The van der Waals surface area contributed by atoms with Crippen molar-refractivity contribution < 1.29 is 9.90 Å². The third-order valence-corrected chi connectivity index (χ3v) is 2.66. The van der Waals surface area contributed by atoms with Gasteiger partial charge in [0.1, 0.15) is 0 Å². The van der Waals surface area contributed by atoms with E-state index in [1.165, 1.54) is 6.42 Å². The second-order valence-electron chi connectivity index (χ2n) is 4.07. The van der Waals surface area contributed by atoms with Crippen molar-refractivity contribution in [3.8, 4) is 0 Å². The van der Waals surface area contributed by atoms with Gasteiger partial charge in [-0.2, -0.15) is 0 Å². The zero-order valence-electron chi connectivity index (χ0n) is 8.94. The number of aliphatic carboxylic acids is 1. The van der Waals surface area contributed by atoms with E-state index < -0.39 is 5.97 Å². The normalized spacial score (nSPS) is 23.8. The molecule has 0 spiro atoms. The van der Waals surface area contributed by atoms with Crippen molar-refractivity contribution in [3.63, 3.8) is 0 Å².